The predicted molar refractivity (Wildman–Crippen MR) is 84.4 cm³/mol. The molecule has 0 bridgehead atoms. The highest BCUT2D eigenvalue weighted by molar-refractivity contribution is 7.88. The van der Waals surface area contributed by atoms with E-state index in [9.17, 15) is 8.42 Å². The Hall–Kier alpha value is -0.170. The molecule has 2 N–H and O–H groups in total. The number of hydrogen-bond acceptors (Lipinski definition) is 4. The second kappa shape index (κ2) is 7.20. The van der Waals surface area contributed by atoms with Gasteiger partial charge in [0.15, 0.2) is 0 Å². The van der Waals surface area contributed by atoms with Gasteiger partial charge < -0.3 is 10.2 Å². The standard InChI is InChI=1S/C14H31N3O2S/c1-12(2)10-17-8-6-13(7-9-17)15-11-14(3,4)16-20(5,18)19/h12-13,15-16H,6-11H2,1-5H3. The predicted octanol–water partition coefficient (Wildman–Crippen LogP) is 1.02. The van der Waals surface area contributed by atoms with E-state index in [1.54, 1.807) is 0 Å². The molecular formula is C14H31N3O2S. The van der Waals surface area contributed by atoms with Crippen LogP contribution in [-0.4, -0.2) is 57.3 Å². The lowest BCUT2D eigenvalue weighted by Crippen LogP contribution is -2.53. The first-order valence-corrected chi connectivity index (χ1v) is 9.41. The van der Waals surface area contributed by atoms with E-state index in [0.717, 1.165) is 31.8 Å². The molecule has 1 saturated heterocycles. The molecule has 5 nitrogen and oxygen atoms in total. The van der Waals surface area contributed by atoms with Crippen molar-refractivity contribution in [1.82, 2.24) is 14.9 Å². The van der Waals surface area contributed by atoms with Gasteiger partial charge in [0.1, 0.15) is 0 Å². The molecule has 0 aromatic rings. The fourth-order valence-electron chi connectivity index (χ4n) is 2.77. The van der Waals surface area contributed by atoms with E-state index in [-0.39, 0.29) is 0 Å². The van der Waals surface area contributed by atoms with Crippen LogP contribution in [-0.2, 0) is 10.0 Å². The molecule has 1 rings (SSSR count). The molecule has 1 heterocycles. The van der Waals surface area contributed by atoms with Crippen LogP contribution in [0.2, 0.25) is 0 Å². The largest absolute Gasteiger partial charge is 0.312 e. The maximum atomic E-state index is 11.3. The van der Waals surface area contributed by atoms with Crippen LogP contribution in [0.1, 0.15) is 40.5 Å². The fourth-order valence-corrected chi connectivity index (χ4v) is 3.85. The molecule has 1 aliphatic heterocycles. The summed E-state index contributed by atoms with van der Waals surface area (Å²) in [5.74, 6) is 0.720. The van der Waals surface area contributed by atoms with Crippen LogP contribution >= 0.6 is 0 Å². The van der Waals surface area contributed by atoms with Crippen molar-refractivity contribution in [2.24, 2.45) is 5.92 Å². The number of nitrogens with zero attached hydrogens (tertiary/aromatic N) is 1. The van der Waals surface area contributed by atoms with Crippen LogP contribution in [0.4, 0.5) is 0 Å². The third-order valence-corrected chi connectivity index (χ3v) is 4.43. The Morgan fingerprint density at radius 1 is 1.25 bits per heavy atom. The summed E-state index contributed by atoms with van der Waals surface area (Å²) in [5.41, 5.74) is -0.442. The highest BCUT2D eigenvalue weighted by Crippen LogP contribution is 2.13. The Bertz CT molecular complexity index is 385. The summed E-state index contributed by atoms with van der Waals surface area (Å²) in [4.78, 5) is 2.52. The Morgan fingerprint density at radius 2 is 1.80 bits per heavy atom. The van der Waals surface area contributed by atoms with Gasteiger partial charge in [0.05, 0.1) is 6.26 Å². The first kappa shape index (κ1) is 17.9. The lowest BCUT2D eigenvalue weighted by Gasteiger charge is -2.35. The minimum Gasteiger partial charge on any atom is -0.312 e. The monoisotopic (exact) mass is 305 g/mol. The number of hydrogen-bond donors (Lipinski definition) is 2. The molecule has 0 spiro atoms. The molecule has 0 aromatic heterocycles. The zero-order valence-corrected chi connectivity index (χ0v) is 14.4. The van der Waals surface area contributed by atoms with Crippen molar-refractivity contribution < 1.29 is 8.42 Å². The van der Waals surface area contributed by atoms with E-state index in [4.69, 9.17) is 0 Å². The Morgan fingerprint density at radius 3 is 2.25 bits per heavy atom. The Labute approximate surface area is 124 Å². The summed E-state index contributed by atoms with van der Waals surface area (Å²) in [5, 5.41) is 3.50. The molecule has 0 unspecified atom stereocenters. The fraction of sp³-hybridized carbons (Fsp3) is 1.00. The smallest absolute Gasteiger partial charge is 0.209 e. The number of nitrogens with one attached hydrogen (secondary N) is 2. The molecule has 0 aliphatic carbocycles. The van der Waals surface area contributed by atoms with Crippen molar-refractivity contribution in [3.05, 3.63) is 0 Å². The molecule has 6 heteroatoms. The average molecular weight is 305 g/mol. The Kier molecular flexibility index (Phi) is 6.44. The summed E-state index contributed by atoms with van der Waals surface area (Å²) >= 11 is 0. The highest BCUT2D eigenvalue weighted by Gasteiger charge is 2.25. The molecular weight excluding hydrogens is 274 g/mol. The summed E-state index contributed by atoms with van der Waals surface area (Å²) in [6.07, 6.45) is 3.49. The van der Waals surface area contributed by atoms with Gasteiger partial charge in [0, 0.05) is 24.7 Å². The van der Waals surface area contributed by atoms with Crippen molar-refractivity contribution in [2.75, 3.05) is 32.4 Å². The number of sulfonamides is 1. The maximum Gasteiger partial charge on any atom is 0.209 e. The van der Waals surface area contributed by atoms with Gasteiger partial charge in [-0.1, -0.05) is 13.8 Å². The third kappa shape index (κ3) is 7.57. The van der Waals surface area contributed by atoms with Gasteiger partial charge in [-0.2, -0.15) is 0 Å². The number of likely N-dealkylation sites (tertiary alicyclic amines) is 1. The van der Waals surface area contributed by atoms with E-state index < -0.39 is 15.6 Å². The van der Waals surface area contributed by atoms with Crippen molar-refractivity contribution in [3.63, 3.8) is 0 Å². The van der Waals surface area contributed by atoms with Gasteiger partial charge >= 0.3 is 0 Å². The van der Waals surface area contributed by atoms with Crippen LogP contribution in [0, 0.1) is 5.92 Å². The average Bonchev–Trinajstić information content (AvgIpc) is 2.24. The minimum absolute atomic E-state index is 0.442. The zero-order valence-electron chi connectivity index (χ0n) is 13.6. The van der Waals surface area contributed by atoms with Gasteiger partial charge in [-0.15, -0.1) is 0 Å². The SMILES string of the molecule is CC(C)CN1CCC(NCC(C)(C)NS(C)(=O)=O)CC1. The van der Waals surface area contributed by atoms with E-state index >= 15 is 0 Å². The molecule has 20 heavy (non-hydrogen) atoms. The second-order valence-corrected chi connectivity index (χ2v) is 8.86. The van der Waals surface area contributed by atoms with Gasteiger partial charge in [0.2, 0.25) is 10.0 Å². The normalized spacial score (nSPS) is 19.7. The molecule has 0 atom stereocenters. The quantitative estimate of drug-likeness (QED) is 0.737. The van der Waals surface area contributed by atoms with Crippen molar-refractivity contribution in [2.45, 2.75) is 52.1 Å². The lowest BCUT2D eigenvalue weighted by molar-refractivity contribution is 0.176. The van der Waals surface area contributed by atoms with Crippen LogP contribution < -0.4 is 10.0 Å². The van der Waals surface area contributed by atoms with Crippen molar-refractivity contribution >= 4 is 10.0 Å². The van der Waals surface area contributed by atoms with Crippen LogP contribution in [0.25, 0.3) is 0 Å². The van der Waals surface area contributed by atoms with Crippen LogP contribution in [0.3, 0.4) is 0 Å². The summed E-state index contributed by atoms with van der Waals surface area (Å²) in [6.45, 7) is 12.4. The van der Waals surface area contributed by atoms with Crippen LogP contribution in [0.5, 0.6) is 0 Å². The Balaban J connectivity index is 2.30. The minimum atomic E-state index is -3.16. The second-order valence-electron chi connectivity index (χ2n) is 7.11. The lowest BCUT2D eigenvalue weighted by atomic mass is 10.0. The molecule has 0 radical (unpaired) electrons. The van der Waals surface area contributed by atoms with E-state index in [2.05, 4.69) is 28.8 Å². The van der Waals surface area contributed by atoms with E-state index in [0.29, 0.717) is 12.6 Å². The summed E-state index contributed by atoms with van der Waals surface area (Å²) < 4.78 is 25.3. The molecule has 1 aliphatic rings. The molecule has 0 amide bonds. The van der Waals surface area contributed by atoms with E-state index in [1.165, 1.54) is 12.8 Å². The van der Waals surface area contributed by atoms with Gasteiger partial charge in [-0.3, -0.25) is 0 Å². The maximum absolute atomic E-state index is 11.3. The first-order valence-electron chi connectivity index (χ1n) is 7.52. The van der Waals surface area contributed by atoms with Gasteiger partial charge in [-0.05, 0) is 45.7 Å². The molecule has 0 saturated carbocycles. The topological polar surface area (TPSA) is 61.4 Å². The first-order chi connectivity index (χ1) is 9.07. The third-order valence-electron chi connectivity index (χ3n) is 3.51. The van der Waals surface area contributed by atoms with Crippen molar-refractivity contribution in [3.8, 4) is 0 Å². The number of rotatable bonds is 7. The molecule has 1 fully saturated rings. The van der Waals surface area contributed by atoms with Crippen LogP contribution in [0.15, 0.2) is 0 Å². The van der Waals surface area contributed by atoms with Gasteiger partial charge in [-0.25, -0.2) is 13.1 Å². The number of piperidine rings is 1. The van der Waals surface area contributed by atoms with Crippen molar-refractivity contribution in [1.29, 1.82) is 0 Å². The van der Waals surface area contributed by atoms with E-state index in [1.807, 2.05) is 13.8 Å². The zero-order chi connectivity index (χ0) is 15.4. The summed E-state index contributed by atoms with van der Waals surface area (Å²) in [7, 11) is -3.16. The van der Waals surface area contributed by atoms with Gasteiger partial charge in [0.25, 0.3) is 0 Å². The molecule has 120 valence electrons. The highest BCUT2D eigenvalue weighted by atomic mass is 32.2. The molecule has 0 aromatic carbocycles. The summed E-state index contributed by atoms with van der Waals surface area (Å²) in [6, 6.07) is 0.499.